The van der Waals surface area contributed by atoms with E-state index in [4.69, 9.17) is 0 Å². The van der Waals surface area contributed by atoms with E-state index in [0.717, 1.165) is 0 Å². The molecule has 2 nitrogen and oxygen atoms in total. The van der Waals surface area contributed by atoms with Gasteiger partial charge in [-0.15, -0.1) is 0 Å². The van der Waals surface area contributed by atoms with Crippen molar-refractivity contribution in [2.24, 2.45) is 5.41 Å². The fourth-order valence-electron chi connectivity index (χ4n) is 2.42. The molecule has 1 unspecified atom stereocenters. The van der Waals surface area contributed by atoms with Crippen molar-refractivity contribution in [1.82, 2.24) is 3.26 Å². The molecule has 1 N–H and O–H groups in total. The molecule has 0 spiro atoms. The van der Waals surface area contributed by atoms with Gasteiger partial charge >= 0.3 is 132 Å². The first-order valence-electron chi connectivity index (χ1n) is 7.26. The summed E-state index contributed by atoms with van der Waals surface area (Å²) < 4.78 is 4.04. The van der Waals surface area contributed by atoms with Gasteiger partial charge < -0.3 is 24.8 Å². The standard InChI is InChI=1S/C9H7.C5H11NO.C2H7Si.2ClH.Zr/c1-2-5-9-7-3-6-8(9)4-1;1-5(2,3)4(6)7;1-3-2;;;/h1-7H;1-3H3,(H2,6,7);3H,1-2H3;2*1H;/q;;;;;+3/p-3. The summed E-state index contributed by atoms with van der Waals surface area (Å²) >= 11 is -1.96. The van der Waals surface area contributed by atoms with Crippen LogP contribution in [0.25, 0.3) is 6.08 Å². The number of carbonyl (C=O) groups excluding carboxylic acids is 1. The van der Waals surface area contributed by atoms with Crippen LogP contribution in [0.2, 0.25) is 13.1 Å². The monoisotopic (exact) mass is 434 g/mol. The average molecular weight is 437 g/mol. The van der Waals surface area contributed by atoms with Gasteiger partial charge in [-0.25, -0.2) is 0 Å². The minimum atomic E-state index is -1.96. The number of benzene rings is 1. The van der Waals surface area contributed by atoms with Crippen molar-refractivity contribution in [2.45, 2.75) is 37.5 Å². The van der Waals surface area contributed by atoms with Gasteiger partial charge in [-0.1, -0.05) is 0 Å². The van der Waals surface area contributed by atoms with Crippen LogP contribution in [0.4, 0.5) is 0 Å². The van der Waals surface area contributed by atoms with Crippen molar-refractivity contribution in [1.29, 1.82) is 0 Å². The van der Waals surface area contributed by atoms with Gasteiger partial charge in [-0.3, -0.25) is 0 Å². The molecule has 0 heterocycles. The van der Waals surface area contributed by atoms with Crippen LogP contribution in [0, 0.1) is 5.41 Å². The molecule has 22 heavy (non-hydrogen) atoms. The Kier molecular flexibility index (Phi) is 8.86. The third-order valence-corrected chi connectivity index (χ3v) is 21.2. The summed E-state index contributed by atoms with van der Waals surface area (Å²) in [5, 5.41) is 0. The SMILES string of the molecule is C[SiH](C)[Zr+2]([NH]C(=O)C(C)(C)C)[CH]1C=Cc2ccccc21.[Cl-].[Cl-]. The predicted molar refractivity (Wildman–Crippen MR) is 84.7 cm³/mol. The molecule has 1 aliphatic rings. The van der Waals surface area contributed by atoms with Crippen molar-refractivity contribution >= 4 is 17.9 Å². The summed E-state index contributed by atoms with van der Waals surface area (Å²) in [6.45, 7) is 10.8. The largest absolute Gasteiger partial charge is 1.00 e. The quantitative estimate of drug-likeness (QED) is 0.519. The Morgan fingerprint density at radius 2 is 1.77 bits per heavy atom. The van der Waals surface area contributed by atoms with Crippen LogP contribution < -0.4 is 28.1 Å². The number of hydrogen-bond donors (Lipinski definition) is 1. The Morgan fingerprint density at radius 1 is 1.18 bits per heavy atom. The van der Waals surface area contributed by atoms with E-state index in [2.05, 4.69) is 52.8 Å². The van der Waals surface area contributed by atoms with Crippen LogP contribution in [0.15, 0.2) is 30.3 Å². The summed E-state index contributed by atoms with van der Waals surface area (Å²) in [6.07, 6.45) is 4.58. The van der Waals surface area contributed by atoms with Gasteiger partial charge in [0.15, 0.2) is 0 Å². The number of halogens is 2. The number of allylic oxidation sites excluding steroid dienone is 1. The van der Waals surface area contributed by atoms with Gasteiger partial charge in [0.05, 0.1) is 0 Å². The van der Waals surface area contributed by atoms with E-state index in [1.54, 1.807) is 0 Å². The number of amides is 1. The van der Waals surface area contributed by atoms with Crippen molar-refractivity contribution in [3.05, 3.63) is 41.5 Å². The summed E-state index contributed by atoms with van der Waals surface area (Å²) in [5.41, 5.74) is 2.50. The zero-order chi connectivity index (χ0) is 14.9. The van der Waals surface area contributed by atoms with Gasteiger partial charge in [0, 0.05) is 0 Å². The zero-order valence-corrected chi connectivity index (χ0v) is 18.9. The third kappa shape index (κ3) is 5.06. The first-order chi connectivity index (χ1) is 9.30. The Morgan fingerprint density at radius 3 is 2.32 bits per heavy atom. The number of carbonyl (C=O) groups is 1. The Bertz CT molecular complexity index is 543. The molecule has 1 aliphatic carbocycles. The first-order valence-corrected chi connectivity index (χ1v) is 17.0. The molecule has 0 radical (unpaired) electrons. The van der Waals surface area contributed by atoms with E-state index in [9.17, 15) is 4.79 Å². The van der Waals surface area contributed by atoms with Gasteiger partial charge in [0.2, 0.25) is 0 Å². The maximum atomic E-state index is 12.4. The second-order valence-corrected chi connectivity index (χ2v) is 25.7. The molecule has 0 bridgehead atoms. The smallest absolute Gasteiger partial charge is 1.00 e. The molecular formula is C16H24Cl2NOSiZr. The molecule has 0 saturated carbocycles. The molecule has 0 aliphatic heterocycles. The molecule has 1 atom stereocenters. The summed E-state index contributed by atoms with van der Waals surface area (Å²) in [4.78, 5) is 12.4. The van der Waals surface area contributed by atoms with Crippen molar-refractivity contribution in [2.75, 3.05) is 0 Å². The van der Waals surface area contributed by atoms with Crippen LogP contribution in [0.5, 0.6) is 0 Å². The fourth-order valence-corrected chi connectivity index (χ4v) is 17.5. The van der Waals surface area contributed by atoms with Gasteiger partial charge in [-0.2, -0.15) is 0 Å². The molecule has 0 fully saturated rings. The van der Waals surface area contributed by atoms with E-state index in [1.807, 2.05) is 20.8 Å². The van der Waals surface area contributed by atoms with E-state index in [1.165, 1.54) is 11.1 Å². The Balaban J connectivity index is 0.00000220. The minimum Gasteiger partial charge on any atom is -1.00 e. The summed E-state index contributed by atoms with van der Waals surface area (Å²) in [7, 11) is 0. The van der Waals surface area contributed by atoms with Crippen LogP contribution in [0.1, 0.15) is 35.5 Å². The topological polar surface area (TPSA) is 29.1 Å². The van der Waals surface area contributed by atoms with Crippen LogP contribution in [-0.2, 0) is 26.0 Å². The molecule has 6 heteroatoms. The molecule has 1 aromatic rings. The maximum Gasteiger partial charge on any atom is -1.00 e. The Labute approximate surface area is 155 Å². The number of fused-ring (bicyclic) bond motifs is 1. The maximum absolute atomic E-state index is 12.4. The fraction of sp³-hybridized carbons (Fsp3) is 0.438. The molecular weight excluding hydrogens is 412 g/mol. The first kappa shape index (κ1) is 22.1. The average Bonchev–Trinajstić information content (AvgIpc) is 2.77. The molecule has 0 saturated heterocycles. The second kappa shape index (κ2) is 8.82. The summed E-state index contributed by atoms with van der Waals surface area (Å²) in [6, 6.07) is 8.63. The predicted octanol–water partition coefficient (Wildman–Crippen LogP) is -2.56. The minimum absolute atomic E-state index is 0. The molecule has 121 valence electrons. The van der Waals surface area contributed by atoms with E-state index in [-0.39, 0.29) is 36.1 Å². The van der Waals surface area contributed by atoms with Crippen LogP contribution in [0.3, 0.4) is 0 Å². The van der Waals surface area contributed by atoms with Crippen LogP contribution >= 0.6 is 0 Å². The van der Waals surface area contributed by atoms with Gasteiger partial charge in [-0.05, 0) is 0 Å². The molecule has 2 rings (SSSR count). The van der Waals surface area contributed by atoms with Crippen molar-refractivity contribution in [3.63, 3.8) is 0 Å². The van der Waals surface area contributed by atoms with Crippen molar-refractivity contribution < 1.29 is 50.8 Å². The molecule has 0 aromatic heterocycles. The van der Waals surface area contributed by atoms with E-state index in [0.29, 0.717) is 3.63 Å². The molecule has 1 aromatic carbocycles. The second-order valence-electron chi connectivity index (χ2n) is 6.78. The van der Waals surface area contributed by atoms with Crippen LogP contribution in [-0.4, -0.2) is 11.8 Å². The van der Waals surface area contributed by atoms with Gasteiger partial charge in [0.1, 0.15) is 0 Å². The van der Waals surface area contributed by atoms with E-state index < -0.39 is 27.1 Å². The van der Waals surface area contributed by atoms with Crippen molar-refractivity contribution in [3.8, 4) is 0 Å². The third-order valence-electron chi connectivity index (χ3n) is 3.70. The Hall–Kier alpha value is 0.110. The van der Waals surface area contributed by atoms with Gasteiger partial charge in [0.25, 0.3) is 0 Å². The number of hydrogen-bond acceptors (Lipinski definition) is 1. The normalized spacial score (nSPS) is 15.6. The van der Waals surface area contributed by atoms with E-state index >= 15 is 0 Å². The number of nitrogens with one attached hydrogen (secondary N) is 1. The molecule has 1 amide bonds. The zero-order valence-electron chi connectivity index (χ0n) is 13.8. The number of rotatable bonds is 3. The summed E-state index contributed by atoms with van der Waals surface area (Å²) in [5.74, 6) is -0.570.